The van der Waals surface area contributed by atoms with E-state index in [1.807, 2.05) is 22.8 Å². The zero-order valence-corrected chi connectivity index (χ0v) is 12.4. The van der Waals surface area contributed by atoms with Gasteiger partial charge >= 0.3 is 0 Å². The molecule has 0 unspecified atom stereocenters. The first kappa shape index (κ1) is 14.7. The van der Waals surface area contributed by atoms with E-state index in [4.69, 9.17) is 4.74 Å². The zero-order valence-electron chi connectivity index (χ0n) is 12.4. The molecule has 0 radical (unpaired) electrons. The number of hydrogen-bond acceptors (Lipinski definition) is 4. The SMILES string of the molecule is O=C(NCc1nncn1CCc1ccccc1)[C@@H]1CCCO1. The summed E-state index contributed by atoms with van der Waals surface area (Å²) in [6, 6.07) is 10.3. The van der Waals surface area contributed by atoms with Crippen molar-refractivity contribution < 1.29 is 9.53 Å². The van der Waals surface area contributed by atoms with Crippen LogP contribution >= 0.6 is 0 Å². The Morgan fingerprint density at radius 1 is 1.36 bits per heavy atom. The maximum Gasteiger partial charge on any atom is 0.249 e. The van der Waals surface area contributed by atoms with Crippen LogP contribution in [0.25, 0.3) is 0 Å². The second-order valence-corrected chi connectivity index (χ2v) is 5.40. The number of ether oxygens (including phenoxy) is 1. The third kappa shape index (κ3) is 3.71. The van der Waals surface area contributed by atoms with E-state index in [1.54, 1.807) is 6.33 Å². The highest BCUT2D eigenvalue weighted by Gasteiger charge is 2.23. The number of aryl methyl sites for hydroxylation is 2. The molecule has 1 atom stereocenters. The van der Waals surface area contributed by atoms with E-state index in [2.05, 4.69) is 27.6 Å². The highest BCUT2D eigenvalue weighted by atomic mass is 16.5. The molecular weight excluding hydrogens is 280 g/mol. The van der Waals surface area contributed by atoms with Crippen molar-refractivity contribution in [3.63, 3.8) is 0 Å². The lowest BCUT2D eigenvalue weighted by Crippen LogP contribution is -2.34. The average Bonchev–Trinajstić information content (AvgIpc) is 3.23. The summed E-state index contributed by atoms with van der Waals surface area (Å²) in [5.41, 5.74) is 1.27. The summed E-state index contributed by atoms with van der Waals surface area (Å²) in [7, 11) is 0. The number of nitrogens with zero attached hydrogens (tertiary/aromatic N) is 3. The van der Waals surface area contributed by atoms with Crippen molar-refractivity contribution >= 4 is 5.91 Å². The molecule has 22 heavy (non-hydrogen) atoms. The van der Waals surface area contributed by atoms with Crippen LogP contribution in [0.4, 0.5) is 0 Å². The van der Waals surface area contributed by atoms with Crippen LogP contribution < -0.4 is 5.32 Å². The smallest absolute Gasteiger partial charge is 0.249 e. The zero-order chi connectivity index (χ0) is 15.2. The molecule has 0 aliphatic carbocycles. The van der Waals surface area contributed by atoms with Crippen LogP contribution in [0.5, 0.6) is 0 Å². The summed E-state index contributed by atoms with van der Waals surface area (Å²) in [5.74, 6) is 0.706. The first-order chi connectivity index (χ1) is 10.8. The van der Waals surface area contributed by atoms with Gasteiger partial charge in [0.05, 0.1) is 6.54 Å². The summed E-state index contributed by atoms with van der Waals surface area (Å²) < 4.78 is 7.34. The summed E-state index contributed by atoms with van der Waals surface area (Å²) in [6.45, 7) is 1.85. The number of aromatic nitrogens is 3. The fourth-order valence-corrected chi connectivity index (χ4v) is 2.56. The molecule has 1 N–H and O–H groups in total. The first-order valence-corrected chi connectivity index (χ1v) is 7.63. The van der Waals surface area contributed by atoms with E-state index in [0.717, 1.165) is 31.6 Å². The third-order valence-electron chi connectivity index (χ3n) is 3.82. The number of carbonyl (C=O) groups is 1. The Kier molecular flexibility index (Phi) is 4.80. The average molecular weight is 300 g/mol. The number of benzene rings is 1. The predicted molar refractivity (Wildman–Crippen MR) is 81.0 cm³/mol. The molecule has 0 spiro atoms. The number of amides is 1. The number of nitrogens with one attached hydrogen (secondary N) is 1. The second-order valence-electron chi connectivity index (χ2n) is 5.40. The van der Waals surface area contributed by atoms with Crippen LogP contribution in [0.3, 0.4) is 0 Å². The van der Waals surface area contributed by atoms with Crippen molar-refractivity contribution in [1.82, 2.24) is 20.1 Å². The maximum absolute atomic E-state index is 11.9. The molecule has 1 aromatic heterocycles. The predicted octanol–water partition coefficient (Wildman–Crippen LogP) is 1.32. The molecule has 1 aliphatic rings. The normalized spacial score (nSPS) is 17.5. The van der Waals surface area contributed by atoms with Gasteiger partial charge in [0.2, 0.25) is 5.91 Å². The van der Waals surface area contributed by atoms with Crippen LogP contribution in [-0.4, -0.2) is 33.4 Å². The third-order valence-corrected chi connectivity index (χ3v) is 3.82. The van der Waals surface area contributed by atoms with Gasteiger partial charge in [0.15, 0.2) is 5.82 Å². The van der Waals surface area contributed by atoms with Gasteiger partial charge in [-0.05, 0) is 24.8 Å². The van der Waals surface area contributed by atoms with Crippen molar-refractivity contribution in [2.45, 2.75) is 38.5 Å². The molecule has 116 valence electrons. The van der Waals surface area contributed by atoms with Crippen LogP contribution in [0.1, 0.15) is 24.2 Å². The Bertz CT molecular complexity index is 606. The Morgan fingerprint density at radius 2 is 2.23 bits per heavy atom. The van der Waals surface area contributed by atoms with Crippen molar-refractivity contribution in [3.8, 4) is 0 Å². The van der Waals surface area contributed by atoms with E-state index in [-0.39, 0.29) is 12.0 Å². The number of carbonyl (C=O) groups excluding carboxylic acids is 1. The molecule has 2 aromatic rings. The van der Waals surface area contributed by atoms with E-state index in [0.29, 0.717) is 13.2 Å². The molecule has 3 rings (SSSR count). The van der Waals surface area contributed by atoms with E-state index >= 15 is 0 Å². The minimum absolute atomic E-state index is 0.0601. The quantitative estimate of drug-likeness (QED) is 0.873. The molecule has 1 fully saturated rings. The molecule has 6 nitrogen and oxygen atoms in total. The summed E-state index contributed by atoms with van der Waals surface area (Å²) in [4.78, 5) is 11.9. The minimum atomic E-state index is -0.305. The lowest BCUT2D eigenvalue weighted by atomic mass is 10.1. The van der Waals surface area contributed by atoms with Gasteiger partial charge in [0, 0.05) is 13.2 Å². The van der Waals surface area contributed by atoms with Gasteiger partial charge in [-0.25, -0.2) is 0 Å². The van der Waals surface area contributed by atoms with Crippen molar-refractivity contribution in [3.05, 3.63) is 48.0 Å². The van der Waals surface area contributed by atoms with Crippen LogP contribution in [0.2, 0.25) is 0 Å². The largest absolute Gasteiger partial charge is 0.368 e. The minimum Gasteiger partial charge on any atom is -0.368 e. The lowest BCUT2D eigenvalue weighted by Gasteiger charge is -2.11. The molecule has 1 amide bonds. The van der Waals surface area contributed by atoms with Crippen LogP contribution in [0, 0.1) is 0 Å². The maximum atomic E-state index is 11.9. The van der Waals surface area contributed by atoms with Gasteiger partial charge < -0.3 is 14.6 Å². The van der Waals surface area contributed by atoms with Crippen molar-refractivity contribution in [2.75, 3.05) is 6.61 Å². The Balaban J connectivity index is 1.52. The number of hydrogen-bond donors (Lipinski definition) is 1. The standard InChI is InChI=1S/C16H20N4O2/c21-16(14-7-4-10-22-14)17-11-15-19-18-12-20(15)9-8-13-5-2-1-3-6-13/h1-3,5-6,12,14H,4,7-11H2,(H,17,21)/t14-/m0/s1. The fraction of sp³-hybridized carbons (Fsp3) is 0.438. The van der Waals surface area contributed by atoms with Gasteiger partial charge in [-0.15, -0.1) is 10.2 Å². The Labute approximate surface area is 129 Å². The molecule has 0 bridgehead atoms. The summed E-state index contributed by atoms with van der Waals surface area (Å²) in [6.07, 6.45) is 4.06. The monoisotopic (exact) mass is 300 g/mol. The van der Waals surface area contributed by atoms with Gasteiger partial charge in [0.25, 0.3) is 0 Å². The summed E-state index contributed by atoms with van der Waals surface area (Å²) >= 11 is 0. The Morgan fingerprint density at radius 3 is 3.00 bits per heavy atom. The topological polar surface area (TPSA) is 69.0 Å². The summed E-state index contributed by atoms with van der Waals surface area (Å²) in [5, 5.41) is 10.9. The molecule has 1 aliphatic heterocycles. The lowest BCUT2D eigenvalue weighted by molar-refractivity contribution is -0.130. The molecule has 1 aromatic carbocycles. The highest BCUT2D eigenvalue weighted by Crippen LogP contribution is 2.12. The van der Waals surface area contributed by atoms with Crippen LogP contribution in [0.15, 0.2) is 36.7 Å². The van der Waals surface area contributed by atoms with Crippen LogP contribution in [-0.2, 0) is 29.0 Å². The number of rotatable bonds is 6. The molecule has 6 heteroatoms. The van der Waals surface area contributed by atoms with Gasteiger partial charge in [-0.2, -0.15) is 0 Å². The molecular formula is C16H20N4O2. The highest BCUT2D eigenvalue weighted by molar-refractivity contribution is 5.80. The Hall–Kier alpha value is -2.21. The van der Waals surface area contributed by atoms with E-state index in [1.165, 1.54) is 5.56 Å². The van der Waals surface area contributed by atoms with Gasteiger partial charge in [0.1, 0.15) is 12.4 Å². The first-order valence-electron chi connectivity index (χ1n) is 7.63. The van der Waals surface area contributed by atoms with Crippen molar-refractivity contribution in [2.24, 2.45) is 0 Å². The van der Waals surface area contributed by atoms with Crippen molar-refractivity contribution in [1.29, 1.82) is 0 Å². The second kappa shape index (κ2) is 7.17. The van der Waals surface area contributed by atoms with Gasteiger partial charge in [-0.1, -0.05) is 30.3 Å². The fourth-order valence-electron chi connectivity index (χ4n) is 2.56. The van der Waals surface area contributed by atoms with Gasteiger partial charge in [-0.3, -0.25) is 4.79 Å². The van der Waals surface area contributed by atoms with E-state index in [9.17, 15) is 4.79 Å². The molecule has 2 heterocycles. The molecule has 1 saturated heterocycles. The van der Waals surface area contributed by atoms with E-state index < -0.39 is 0 Å². The molecule has 0 saturated carbocycles.